The van der Waals surface area contributed by atoms with Gasteiger partial charge in [-0.25, -0.2) is 0 Å². The molecule has 3 aromatic rings. The minimum Gasteiger partial charge on any atom is -0.540 e. The lowest BCUT2D eigenvalue weighted by molar-refractivity contribution is 0.241. The highest BCUT2D eigenvalue weighted by Gasteiger charge is 2.50. The molecule has 0 spiro atoms. The number of rotatable bonds is 13. The number of ether oxygens (including phenoxy) is 1. The molecule has 0 amide bonds. The molecular formula is C36H56O7Si2. The van der Waals surface area contributed by atoms with Gasteiger partial charge in [-0.3, -0.25) is 4.79 Å². The van der Waals surface area contributed by atoms with Crippen molar-refractivity contribution in [3.05, 3.63) is 40.6 Å². The summed E-state index contributed by atoms with van der Waals surface area (Å²) < 4.78 is 26.4. The Morgan fingerprint density at radius 2 is 1.11 bits per heavy atom. The standard InChI is InChI=1S/C36H56O7Si2/c1-20(2)40-28-18-29(37)33-32(19-28)41-36(35(39)34(33)38)27-15-16-30(42-44(21(3)4,22(5)6)23(7)8)31(17-27)43-45(24(9)10,25(11)12)26(13)14/h15-26,37,39H,1-14H3. The first-order valence-electron chi connectivity index (χ1n) is 16.5. The minimum absolute atomic E-state index is 0.00371. The van der Waals surface area contributed by atoms with Crippen molar-refractivity contribution in [2.45, 2.75) is 136 Å². The van der Waals surface area contributed by atoms with Gasteiger partial charge in [0.1, 0.15) is 34.0 Å². The molecule has 45 heavy (non-hydrogen) atoms. The highest BCUT2D eigenvalue weighted by Crippen LogP contribution is 2.49. The van der Waals surface area contributed by atoms with E-state index in [1.54, 1.807) is 6.07 Å². The maximum atomic E-state index is 13.4. The van der Waals surface area contributed by atoms with E-state index < -0.39 is 27.8 Å². The number of fused-ring (bicyclic) bond motifs is 1. The molecule has 250 valence electrons. The zero-order valence-electron chi connectivity index (χ0n) is 29.9. The van der Waals surface area contributed by atoms with E-state index in [2.05, 4.69) is 83.1 Å². The normalized spacial score (nSPS) is 13.0. The smallest absolute Gasteiger partial charge is 0.258 e. The molecule has 0 atom stereocenters. The SMILES string of the molecule is CC(C)Oc1cc(O)c2c(=O)c(O)c(-c3ccc(O[Si](C(C)C)(C(C)C)C(C)C)c(O[Si](C(C)C)(C(C)C)C(C)C)c3)oc2c1. The molecule has 0 radical (unpaired) electrons. The van der Waals surface area contributed by atoms with Crippen LogP contribution in [-0.2, 0) is 0 Å². The Kier molecular flexibility index (Phi) is 11.2. The van der Waals surface area contributed by atoms with Crippen LogP contribution >= 0.6 is 0 Å². The van der Waals surface area contributed by atoms with Crippen molar-refractivity contribution in [2.75, 3.05) is 0 Å². The summed E-state index contributed by atoms with van der Waals surface area (Å²) in [5, 5.41) is 21.7. The van der Waals surface area contributed by atoms with E-state index in [9.17, 15) is 15.0 Å². The molecule has 1 aromatic heterocycles. The van der Waals surface area contributed by atoms with Crippen LogP contribution in [0.25, 0.3) is 22.3 Å². The average molecular weight is 657 g/mol. The Bertz CT molecular complexity index is 1490. The number of phenolic OH excluding ortho intramolecular Hbond substituents is 1. The van der Waals surface area contributed by atoms with E-state index >= 15 is 0 Å². The fraction of sp³-hybridized carbons (Fsp3) is 0.583. The minimum atomic E-state index is -2.45. The van der Waals surface area contributed by atoms with Gasteiger partial charge < -0.3 is 28.2 Å². The van der Waals surface area contributed by atoms with E-state index in [1.807, 2.05) is 32.0 Å². The van der Waals surface area contributed by atoms with Gasteiger partial charge in [0.25, 0.3) is 16.6 Å². The second kappa shape index (κ2) is 13.8. The van der Waals surface area contributed by atoms with Crippen molar-refractivity contribution < 1.29 is 28.2 Å². The topological polar surface area (TPSA) is 98.4 Å². The molecule has 2 aromatic carbocycles. The molecular weight excluding hydrogens is 601 g/mol. The molecule has 0 saturated carbocycles. The van der Waals surface area contributed by atoms with Crippen LogP contribution in [0.5, 0.6) is 28.7 Å². The molecule has 0 unspecified atom stereocenters. The first kappa shape index (κ1) is 36.6. The second-order valence-corrected chi connectivity index (χ2v) is 25.3. The van der Waals surface area contributed by atoms with Crippen molar-refractivity contribution in [3.63, 3.8) is 0 Å². The first-order chi connectivity index (χ1) is 20.8. The van der Waals surface area contributed by atoms with Gasteiger partial charge in [0.2, 0.25) is 11.2 Å². The summed E-state index contributed by atoms with van der Waals surface area (Å²) in [4.78, 5) is 13.4. The van der Waals surface area contributed by atoms with Crippen LogP contribution in [0.1, 0.15) is 96.9 Å². The molecule has 0 fully saturated rings. The van der Waals surface area contributed by atoms with Gasteiger partial charge in [0.05, 0.1) is 6.10 Å². The van der Waals surface area contributed by atoms with Crippen molar-refractivity contribution in [3.8, 4) is 40.1 Å². The fourth-order valence-corrected chi connectivity index (χ4v) is 18.2. The first-order valence-corrected chi connectivity index (χ1v) is 20.8. The maximum Gasteiger partial charge on any atom is 0.258 e. The number of hydrogen-bond acceptors (Lipinski definition) is 7. The van der Waals surface area contributed by atoms with E-state index in [0.717, 1.165) is 0 Å². The zero-order valence-corrected chi connectivity index (χ0v) is 31.9. The van der Waals surface area contributed by atoms with Gasteiger partial charge in [-0.05, 0) is 65.3 Å². The summed E-state index contributed by atoms with van der Waals surface area (Å²) in [6, 6.07) is 8.49. The van der Waals surface area contributed by atoms with Gasteiger partial charge in [0.15, 0.2) is 5.76 Å². The van der Waals surface area contributed by atoms with Crippen molar-refractivity contribution in [1.29, 1.82) is 0 Å². The molecule has 0 bridgehead atoms. The lowest BCUT2D eigenvalue weighted by Gasteiger charge is -2.45. The summed E-state index contributed by atoms with van der Waals surface area (Å²) in [5.41, 5.74) is 1.87. The van der Waals surface area contributed by atoms with Gasteiger partial charge in [-0.1, -0.05) is 83.1 Å². The lowest BCUT2D eigenvalue weighted by atomic mass is 10.1. The second-order valence-electron chi connectivity index (χ2n) is 14.6. The van der Waals surface area contributed by atoms with Crippen LogP contribution < -0.4 is 19.0 Å². The van der Waals surface area contributed by atoms with Crippen LogP contribution in [0.2, 0.25) is 33.2 Å². The van der Waals surface area contributed by atoms with Crippen LogP contribution in [0.3, 0.4) is 0 Å². The molecule has 0 saturated heterocycles. The lowest BCUT2D eigenvalue weighted by Crippen LogP contribution is -2.52. The Hall–Kier alpha value is -2.92. The van der Waals surface area contributed by atoms with E-state index in [4.69, 9.17) is 18.0 Å². The van der Waals surface area contributed by atoms with E-state index in [-0.39, 0.29) is 28.6 Å². The predicted molar refractivity (Wildman–Crippen MR) is 190 cm³/mol. The van der Waals surface area contributed by atoms with Gasteiger partial charge in [-0.15, -0.1) is 0 Å². The summed E-state index contributed by atoms with van der Waals surface area (Å²) in [7, 11) is -4.81. The summed E-state index contributed by atoms with van der Waals surface area (Å²) in [5.74, 6) is 0.762. The van der Waals surface area contributed by atoms with Gasteiger partial charge in [-0.2, -0.15) is 0 Å². The third kappa shape index (κ3) is 6.80. The van der Waals surface area contributed by atoms with Crippen molar-refractivity contribution >= 4 is 27.6 Å². The third-order valence-corrected chi connectivity index (χ3v) is 21.5. The number of hydrogen-bond donors (Lipinski definition) is 2. The molecule has 0 aliphatic heterocycles. The zero-order chi connectivity index (χ0) is 34.2. The quantitative estimate of drug-likeness (QED) is 0.177. The number of benzene rings is 2. The largest absolute Gasteiger partial charge is 0.540 e. The molecule has 7 nitrogen and oxygen atoms in total. The Labute approximate surface area is 272 Å². The third-order valence-electron chi connectivity index (χ3n) is 9.49. The van der Waals surface area contributed by atoms with Crippen LogP contribution in [0, 0.1) is 0 Å². The summed E-state index contributed by atoms with van der Waals surface area (Å²) >= 11 is 0. The Balaban J connectivity index is 2.37. The number of phenols is 1. The van der Waals surface area contributed by atoms with Crippen LogP contribution in [0.15, 0.2) is 39.5 Å². The molecule has 2 N–H and O–H groups in total. The van der Waals surface area contributed by atoms with E-state index in [1.165, 1.54) is 6.07 Å². The molecule has 0 aliphatic carbocycles. The van der Waals surface area contributed by atoms with Crippen molar-refractivity contribution in [1.82, 2.24) is 0 Å². The van der Waals surface area contributed by atoms with Gasteiger partial charge >= 0.3 is 0 Å². The maximum absolute atomic E-state index is 13.4. The van der Waals surface area contributed by atoms with Gasteiger partial charge in [0, 0.05) is 17.7 Å². The Morgan fingerprint density at radius 1 is 0.644 bits per heavy atom. The van der Waals surface area contributed by atoms with Crippen molar-refractivity contribution in [2.24, 2.45) is 0 Å². The molecule has 9 heteroatoms. The van der Waals surface area contributed by atoms with Crippen LogP contribution in [0.4, 0.5) is 0 Å². The molecule has 1 heterocycles. The monoisotopic (exact) mass is 656 g/mol. The fourth-order valence-electron chi connectivity index (χ4n) is 7.70. The summed E-state index contributed by atoms with van der Waals surface area (Å²) in [6.07, 6.45) is -0.150. The number of aromatic hydroxyl groups is 2. The van der Waals surface area contributed by atoms with E-state index in [0.29, 0.717) is 56.1 Å². The predicted octanol–water partition coefficient (Wildman–Crippen LogP) is 10.8. The molecule has 0 aliphatic rings. The average Bonchev–Trinajstić information content (AvgIpc) is 2.90. The summed E-state index contributed by atoms with van der Waals surface area (Å²) in [6.45, 7) is 30.7. The molecule has 3 rings (SSSR count). The Morgan fingerprint density at radius 3 is 1.56 bits per heavy atom. The highest BCUT2D eigenvalue weighted by atomic mass is 28.4. The van der Waals surface area contributed by atoms with Crippen LogP contribution in [-0.4, -0.2) is 33.0 Å². The highest BCUT2D eigenvalue weighted by molar-refractivity contribution is 6.79.